The molecule has 2 amide bonds. The molecule has 0 fully saturated rings. The van der Waals surface area contributed by atoms with Crippen molar-refractivity contribution in [2.45, 2.75) is 39.3 Å². The molecule has 1 N–H and O–H groups in total. The van der Waals surface area contributed by atoms with Crippen LogP contribution in [0.15, 0.2) is 57.5 Å². The van der Waals surface area contributed by atoms with Gasteiger partial charge in [0.1, 0.15) is 12.6 Å². The molecular weight excluding hydrogens is 574 g/mol. The van der Waals surface area contributed by atoms with E-state index in [0.29, 0.717) is 16.7 Å². The molecule has 0 unspecified atom stereocenters. The minimum atomic E-state index is -3.75. The van der Waals surface area contributed by atoms with Crippen LogP contribution < -0.4 is 9.62 Å². The van der Waals surface area contributed by atoms with E-state index in [1.54, 1.807) is 31.2 Å². The smallest absolute Gasteiger partial charge is 0.244 e. The average molecular weight is 603 g/mol. The standard InChI is InChI=1S/C23H29Br2N3O4S/c1-4-5-12-26-23(30)17(2)27(15-18-8-6-9-19(24)13-18)22(29)16-28(33(3,31)32)21-11-7-10-20(25)14-21/h6-11,13-14,17H,4-5,12,15-16H2,1-3H3,(H,26,30)/t17-/m1/s1. The zero-order valence-corrected chi connectivity index (χ0v) is 22.9. The van der Waals surface area contributed by atoms with Crippen LogP contribution in [0.5, 0.6) is 0 Å². The highest BCUT2D eigenvalue weighted by atomic mass is 79.9. The Kier molecular flexibility index (Phi) is 10.4. The fourth-order valence-electron chi connectivity index (χ4n) is 3.20. The van der Waals surface area contributed by atoms with Crippen LogP contribution in [0.2, 0.25) is 0 Å². The first kappa shape index (κ1) is 27.3. The second kappa shape index (κ2) is 12.5. The molecule has 180 valence electrons. The maximum Gasteiger partial charge on any atom is 0.244 e. The van der Waals surface area contributed by atoms with E-state index in [9.17, 15) is 18.0 Å². The average Bonchev–Trinajstić information content (AvgIpc) is 2.74. The molecule has 0 bridgehead atoms. The molecule has 0 aliphatic rings. The van der Waals surface area contributed by atoms with Gasteiger partial charge < -0.3 is 10.2 Å². The second-order valence-electron chi connectivity index (χ2n) is 7.72. The van der Waals surface area contributed by atoms with E-state index in [1.807, 2.05) is 31.2 Å². The number of carbonyl (C=O) groups excluding carboxylic acids is 2. The maximum absolute atomic E-state index is 13.4. The number of nitrogens with one attached hydrogen (secondary N) is 1. The summed E-state index contributed by atoms with van der Waals surface area (Å²) in [5.41, 5.74) is 1.18. The summed E-state index contributed by atoms with van der Waals surface area (Å²) in [7, 11) is -3.75. The Labute approximate surface area is 212 Å². The van der Waals surface area contributed by atoms with Crippen molar-refractivity contribution >= 4 is 59.4 Å². The quantitative estimate of drug-likeness (QED) is 0.388. The molecule has 1 atom stereocenters. The summed E-state index contributed by atoms with van der Waals surface area (Å²) in [6, 6.07) is 13.4. The number of hydrogen-bond acceptors (Lipinski definition) is 4. The molecule has 0 heterocycles. The molecule has 33 heavy (non-hydrogen) atoms. The monoisotopic (exact) mass is 601 g/mol. The predicted octanol–water partition coefficient (Wildman–Crippen LogP) is 4.31. The minimum absolute atomic E-state index is 0.163. The van der Waals surface area contributed by atoms with Gasteiger partial charge in [0.15, 0.2) is 0 Å². The van der Waals surface area contributed by atoms with Crippen LogP contribution in [0, 0.1) is 0 Å². The highest BCUT2D eigenvalue weighted by Gasteiger charge is 2.30. The number of anilines is 1. The van der Waals surface area contributed by atoms with Crippen LogP contribution in [0.25, 0.3) is 0 Å². The second-order valence-corrected chi connectivity index (χ2v) is 11.5. The van der Waals surface area contributed by atoms with E-state index >= 15 is 0 Å². The van der Waals surface area contributed by atoms with Gasteiger partial charge in [-0.3, -0.25) is 13.9 Å². The zero-order valence-electron chi connectivity index (χ0n) is 18.9. The largest absolute Gasteiger partial charge is 0.354 e. The molecular formula is C23H29Br2N3O4S. The van der Waals surface area contributed by atoms with Crippen molar-refractivity contribution in [1.82, 2.24) is 10.2 Å². The van der Waals surface area contributed by atoms with Crippen LogP contribution in [-0.2, 0) is 26.2 Å². The SMILES string of the molecule is CCCCNC(=O)[C@@H](C)N(Cc1cccc(Br)c1)C(=O)CN(c1cccc(Br)c1)S(C)(=O)=O. The van der Waals surface area contributed by atoms with Gasteiger partial charge in [-0.2, -0.15) is 0 Å². The highest BCUT2D eigenvalue weighted by molar-refractivity contribution is 9.10. The van der Waals surface area contributed by atoms with Gasteiger partial charge in [0.25, 0.3) is 0 Å². The van der Waals surface area contributed by atoms with E-state index in [-0.39, 0.29) is 12.5 Å². The molecule has 0 saturated carbocycles. The summed E-state index contributed by atoms with van der Waals surface area (Å²) in [5, 5.41) is 2.86. The van der Waals surface area contributed by atoms with Crippen molar-refractivity contribution in [3.63, 3.8) is 0 Å². The Morgan fingerprint density at radius 2 is 1.70 bits per heavy atom. The molecule has 0 aliphatic carbocycles. The summed E-state index contributed by atoms with van der Waals surface area (Å²) in [5.74, 6) is -0.751. The summed E-state index contributed by atoms with van der Waals surface area (Å²) in [6.45, 7) is 3.94. The third-order valence-corrected chi connectivity index (χ3v) is 7.14. The van der Waals surface area contributed by atoms with Crippen molar-refractivity contribution in [1.29, 1.82) is 0 Å². The number of halogens is 2. The molecule has 0 aliphatic heterocycles. The van der Waals surface area contributed by atoms with Crippen LogP contribution in [0.4, 0.5) is 5.69 Å². The Hall–Kier alpha value is -1.91. The topological polar surface area (TPSA) is 86.8 Å². The Morgan fingerprint density at radius 3 is 2.27 bits per heavy atom. The van der Waals surface area contributed by atoms with Crippen LogP contribution in [-0.4, -0.2) is 50.5 Å². The Morgan fingerprint density at radius 1 is 1.06 bits per heavy atom. The highest BCUT2D eigenvalue weighted by Crippen LogP contribution is 2.23. The Balaban J connectivity index is 2.34. The van der Waals surface area contributed by atoms with Gasteiger partial charge in [0.05, 0.1) is 11.9 Å². The van der Waals surface area contributed by atoms with Crippen molar-refractivity contribution in [2.75, 3.05) is 23.7 Å². The fraction of sp³-hybridized carbons (Fsp3) is 0.391. The lowest BCUT2D eigenvalue weighted by Crippen LogP contribution is -2.51. The van der Waals surface area contributed by atoms with Gasteiger partial charge in [-0.05, 0) is 49.2 Å². The van der Waals surface area contributed by atoms with Gasteiger partial charge >= 0.3 is 0 Å². The lowest BCUT2D eigenvalue weighted by atomic mass is 10.1. The van der Waals surface area contributed by atoms with Crippen LogP contribution >= 0.6 is 31.9 Å². The fourth-order valence-corrected chi connectivity index (χ4v) is 4.87. The van der Waals surface area contributed by atoms with E-state index in [0.717, 1.165) is 33.4 Å². The molecule has 0 spiro atoms. The number of amides is 2. The Bertz CT molecular complexity index is 1080. The number of hydrogen-bond donors (Lipinski definition) is 1. The van der Waals surface area contributed by atoms with Crippen LogP contribution in [0.3, 0.4) is 0 Å². The number of rotatable bonds is 11. The van der Waals surface area contributed by atoms with Gasteiger partial charge in [-0.15, -0.1) is 0 Å². The first-order chi connectivity index (χ1) is 15.5. The van der Waals surface area contributed by atoms with Gasteiger partial charge in [-0.1, -0.05) is 63.4 Å². The number of nitrogens with zero attached hydrogens (tertiary/aromatic N) is 2. The minimum Gasteiger partial charge on any atom is -0.354 e. The van der Waals surface area contributed by atoms with E-state index in [2.05, 4.69) is 37.2 Å². The molecule has 7 nitrogen and oxygen atoms in total. The summed E-state index contributed by atoms with van der Waals surface area (Å²) >= 11 is 6.77. The molecule has 0 saturated heterocycles. The molecule has 2 rings (SSSR count). The third kappa shape index (κ3) is 8.42. The number of benzene rings is 2. The maximum atomic E-state index is 13.4. The van der Waals surface area contributed by atoms with Crippen molar-refractivity contribution in [3.8, 4) is 0 Å². The molecule has 0 radical (unpaired) electrons. The van der Waals surface area contributed by atoms with Crippen molar-refractivity contribution in [3.05, 3.63) is 63.0 Å². The summed E-state index contributed by atoms with van der Waals surface area (Å²) in [4.78, 5) is 27.6. The molecule has 0 aromatic heterocycles. The van der Waals surface area contributed by atoms with Crippen molar-refractivity contribution in [2.24, 2.45) is 0 Å². The normalized spacial score (nSPS) is 12.2. The third-order valence-electron chi connectivity index (χ3n) is 5.01. The van der Waals surface area contributed by atoms with Gasteiger partial charge in [0.2, 0.25) is 21.8 Å². The molecule has 2 aromatic carbocycles. The first-order valence-electron chi connectivity index (χ1n) is 10.6. The number of unbranched alkanes of at least 4 members (excludes halogenated alkanes) is 1. The van der Waals surface area contributed by atoms with Crippen molar-refractivity contribution < 1.29 is 18.0 Å². The lowest BCUT2D eigenvalue weighted by Gasteiger charge is -2.31. The van der Waals surface area contributed by atoms with E-state index in [1.165, 1.54) is 4.90 Å². The number of sulfonamides is 1. The van der Waals surface area contributed by atoms with Gasteiger partial charge in [0, 0.05) is 22.0 Å². The van der Waals surface area contributed by atoms with E-state index < -0.39 is 28.5 Å². The molecule has 10 heteroatoms. The van der Waals surface area contributed by atoms with Crippen LogP contribution in [0.1, 0.15) is 32.3 Å². The summed E-state index contributed by atoms with van der Waals surface area (Å²) in [6.07, 6.45) is 2.83. The number of carbonyl (C=O) groups is 2. The lowest BCUT2D eigenvalue weighted by molar-refractivity contribution is -0.139. The molecule has 2 aromatic rings. The summed E-state index contributed by atoms with van der Waals surface area (Å²) < 4.78 is 27.7. The first-order valence-corrected chi connectivity index (χ1v) is 14.0. The van der Waals surface area contributed by atoms with E-state index in [4.69, 9.17) is 0 Å². The van der Waals surface area contributed by atoms with Gasteiger partial charge in [-0.25, -0.2) is 8.42 Å². The zero-order chi connectivity index (χ0) is 24.6. The predicted molar refractivity (Wildman–Crippen MR) is 138 cm³/mol.